The van der Waals surface area contributed by atoms with E-state index in [1.807, 2.05) is 18.4 Å². The van der Waals surface area contributed by atoms with Crippen molar-refractivity contribution in [2.45, 2.75) is 26.2 Å². The molecule has 1 aromatic heterocycles. The molecule has 0 unspecified atom stereocenters. The summed E-state index contributed by atoms with van der Waals surface area (Å²) in [6.07, 6.45) is 5.27. The predicted octanol–water partition coefficient (Wildman–Crippen LogP) is 3.35. The van der Waals surface area contributed by atoms with Gasteiger partial charge in [-0.2, -0.15) is 0 Å². The molecule has 0 saturated carbocycles. The van der Waals surface area contributed by atoms with E-state index in [4.69, 9.17) is 0 Å². The summed E-state index contributed by atoms with van der Waals surface area (Å²) in [4.78, 5) is 12.7. The van der Waals surface area contributed by atoms with E-state index in [2.05, 4.69) is 6.08 Å². The SMILES string of the molecule is Cc1csc(C(=O)C2=CCCC2)c1. The lowest BCUT2D eigenvalue weighted by atomic mass is 10.1. The van der Waals surface area contributed by atoms with Crippen LogP contribution >= 0.6 is 11.3 Å². The summed E-state index contributed by atoms with van der Waals surface area (Å²) in [6, 6.07) is 1.98. The van der Waals surface area contributed by atoms with Crippen LogP contribution in [0.25, 0.3) is 0 Å². The number of carbonyl (C=O) groups excluding carboxylic acids is 1. The van der Waals surface area contributed by atoms with Gasteiger partial charge in [0.25, 0.3) is 0 Å². The zero-order valence-electron chi connectivity index (χ0n) is 7.67. The maximum absolute atomic E-state index is 11.8. The molecule has 0 spiro atoms. The molecular formula is C11H12OS. The van der Waals surface area contributed by atoms with Crippen molar-refractivity contribution < 1.29 is 4.79 Å². The summed E-state index contributed by atoms with van der Waals surface area (Å²) in [5, 5.41) is 2.03. The molecule has 0 fully saturated rings. The van der Waals surface area contributed by atoms with Gasteiger partial charge in [-0.05, 0) is 48.8 Å². The molecule has 0 N–H and O–H groups in total. The number of aryl methyl sites for hydroxylation is 1. The molecule has 1 aromatic rings. The molecule has 2 heteroatoms. The van der Waals surface area contributed by atoms with E-state index in [1.165, 1.54) is 5.56 Å². The molecule has 0 radical (unpaired) electrons. The highest BCUT2D eigenvalue weighted by Crippen LogP contribution is 2.24. The lowest BCUT2D eigenvalue weighted by Crippen LogP contribution is -1.97. The Morgan fingerprint density at radius 1 is 1.54 bits per heavy atom. The van der Waals surface area contributed by atoms with Crippen molar-refractivity contribution in [3.63, 3.8) is 0 Å². The van der Waals surface area contributed by atoms with Crippen LogP contribution in [0.15, 0.2) is 23.1 Å². The summed E-state index contributed by atoms with van der Waals surface area (Å²) in [7, 11) is 0. The van der Waals surface area contributed by atoms with Crippen molar-refractivity contribution in [3.05, 3.63) is 33.5 Å². The van der Waals surface area contributed by atoms with E-state index < -0.39 is 0 Å². The van der Waals surface area contributed by atoms with Crippen molar-refractivity contribution in [3.8, 4) is 0 Å². The van der Waals surface area contributed by atoms with Gasteiger partial charge in [0, 0.05) is 0 Å². The molecule has 68 valence electrons. The van der Waals surface area contributed by atoms with Crippen LogP contribution in [-0.2, 0) is 0 Å². The zero-order valence-corrected chi connectivity index (χ0v) is 8.49. The molecule has 1 aliphatic rings. The van der Waals surface area contributed by atoms with Crippen LogP contribution in [0.3, 0.4) is 0 Å². The van der Waals surface area contributed by atoms with Gasteiger partial charge < -0.3 is 0 Å². The van der Waals surface area contributed by atoms with Crippen LogP contribution in [0.5, 0.6) is 0 Å². The third-order valence-electron chi connectivity index (χ3n) is 2.29. The summed E-state index contributed by atoms with van der Waals surface area (Å²) in [6.45, 7) is 2.02. The normalized spacial score (nSPS) is 15.9. The van der Waals surface area contributed by atoms with E-state index >= 15 is 0 Å². The topological polar surface area (TPSA) is 17.1 Å². The minimum Gasteiger partial charge on any atom is -0.288 e. The summed E-state index contributed by atoms with van der Waals surface area (Å²) < 4.78 is 0. The van der Waals surface area contributed by atoms with Gasteiger partial charge in [0.2, 0.25) is 0 Å². The van der Waals surface area contributed by atoms with E-state index in [9.17, 15) is 4.79 Å². The maximum atomic E-state index is 11.8. The Balaban J connectivity index is 2.22. The predicted molar refractivity (Wildman–Crippen MR) is 55.3 cm³/mol. The average molecular weight is 192 g/mol. The number of ketones is 1. The van der Waals surface area contributed by atoms with E-state index in [1.54, 1.807) is 11.3 Å². The monoisotopic (exact) mass is 192 g/mol. The Morgan fingerprint density at radius 2 is 2.38 bits per heavy atom. The van der Waals surface area contributed by atoms with Gasteiger partial charge in [-0.15, -0.1) is 11.3 Å². The van der Waals surface area contributed by atoms with Crippen molar-refractivity contribution in [1.82, 2.24) is 0 Å². The largest absolute Gasteiger partial charge is 0.288 e. The quantitative estimate of drug-likeness (QED) is 0.657. The molecule has 0 atom stereocenters. The highest BCUT2D eigenvalue weighted by atomic mass is 32.1. The zero-order chi connectivity index (χ0) is 9.26. The first-order chi connectivity index (χ1) is 6.27. The molecule has 2 rings (SSSR count). The molecule has 0 aliphatic heterocycles. The number of Topliss-reactive ketones (excluding diaryl/α,β-unsaturated/α-hetero) is 1. The first-order valence-electron chi connectivity index (χ1n) is 4.56. The fourth-order valence-electron chi connectivity index (χ4n) is 1.59. The lowest BCUT2D eigenvalue weighted by Gasteiger charge is -1.96. The second-order valence-corrected chi connectivity index (χ2v) is 4.35. The van der Waals surface area contributed by atoms with Gasteiger partial charge in [-0.3, -0.25) is 4.79 Å². The number of rotatable bonds is 2. The minimum atomic E-state index is 0.246. The van der Waals surface area contributed by atoms with Crippen molar-refractivity contribution in [2.75, 3.05) is 0 Å². The van der Waals surface area contributed by atoms with Crippen molar-refractivity contribution in [2.24, 2.45) is 0 Å². The number of hydrogen-bond acceptors (Lipinski definition) is 2. The second-order valence-electron chi connectivity index (χ2n) is 3.44. The lowest BCUT2D eigenvalue weighted by molar-refractivity contribution is 0.103. The Kier molecular flexibility index (Phi) is 2.32. The van der Waals surface area contributed by atoms with E-state index in [0.29, 0.717) is 0 Å². The van der Waals surface area contributed by atoms with Gasteiger partial charge in [0.1, 0.15) is 0 Å². The van der Waals surface area contributed by atoms with E-state index in [0.717, 1.165) is 29.7 Å². The van der Waals surface area contributed by atoms with Crippen LogP contribution in [0.1, 0.15) is 34.5 Å². The van der Waals surface area contributed by atoms with Crippen LogP contribution in [0, 0.1) is 6.92 Å². The Hall–Kier alpha value is -0.890. The summed E-state index contributed by atoms with van der Waals surface area (Å²) >= 11 is 1.55. The number of hydrogen-bond donors (Lipinski definition) is 0. The third-order valence-corrected chi connectivity index (χ3v) is 3.33. The Morgan fingerprint density at radius 3 is 2.92 bits per heavy atom. The molecule has 13 heavy (non-hydrogen) atoms. The van der Waals surface area contributed by atoms with Crippen LogP contribution in [-0.4, -0.2) is 5.78 Å². The average Bonchev–Trinajstić information content (AvgIpc) is 2.72. The first-order valence-corrected chi connectivity index (χ1v) is 5.44. The molecule has 0 bridgehead atoms. The highest BCUT2D eigenvalue weighted by Gasteiger charge is 2.16. The van der Waals surface area contributed by atoms with Crippen molar-refractivity contribution >= 4 is 17.1 Å². The van der Waals surface area contributed by atoms with Crippen LogP contribution in [0.2, 0.25) is 0 Å². The molecule has 1 heterocycles. The molecule has 0 saturated heterocycles. The molecule has 1 aliphatic carbocycles. The van der Waals surface area contributed by atoms with E-state index in [-0.39, 0.29) is 5.78 Å². The summed E-state index contributed by atoms with van der Waals surface area (Å²) in [5.74, 6) is 0.246. The Bertz CT molecular complexity index is 360. The smallest absolute Gasteiger partial charge is 0.198 e. The van der Waals surface area contributed by atoms with Gasteiger partial charge >= 0.3 is 0 Å². The summed E-state index contributed by atoms with van der Waals surface area (Å²) in [5.41, 5.74) is 2.20. The van der Waals surface area contributed by atoms with Crippen molar-refractivity contribution in [1.29, 1.82) is 0 Å². The molecular weight excluding hydrogens is 180 g/mol. The highest BCUT2D eigenvalue weighted by molar-refractivity contribution is 7.12. The third kappa shape index (κ3) is 1.73. The molecule has 0 aromatic carbocycles. The minimum absolute atomic E-state index is 0.246. The fraction of sp³-hybridized carbons (Fsp3) is 0.364. The number of allylic oxidation sites excluding steroid dienone is 2. The molecule has 1 nitrogen and oxygen atoms in total. The van der Waals surface area contributed by atoms with Gasteiger partial charge in [0.15, 0.2) is 5.78 Å². The fourth-order valence-corrected chi connectivity index (χ4v) is 2.46. The maximum Gasteiger partial charge on any atom is 0.198 e. The van der Waals surface area contributed by atoms with Crippen LogP contribution < -0.4 is 0 Å². The second kappa shape index (κ2) is 3.46. The van der Waals surface area contributed by atoms with Crippen LogP contribution in [0.4, 0.5) is 0 Å². The van der Waals surface area contributed by atoms with Gasteiger partial charge in [-0.1, -0.05) is 6.08 Å². The van der Waals surface area contributed by atoms with Gasteiger partial charge in [-0.25, -0.2) is 0 Å². The number of thiophene rings is 1. The Labute approximate surface area is 82.1 Å². The first kappa shape index (κ1) is 8.70. The van der Waals surface area contributed by atoms with Gasteiger partial charge in [0.05, 0.1) is 4.88 Å². The number of carbonyl (C=O) groups is 1. The standard InChI is InChI=1S/C11H12OS/c1-8-6-10(13-7-8)11(12)9-4-2-3-5-9/h4,6-7H,2-3,5H2,1H3. The molecule has 0 amide bonds.